The zero-order chi connectivity index (χ0) is 21.3. The summed E-state index contributed by atoms with van der Waals surface area (Å²) in [6.45, 7) is 2.67. The first-order chi connectivity index (χ1) is 14.0. The molecular formula is C23H27NO4S. The summed E-state index contributed by atoms with van der Waals surface area (Å²) in [5, 5.41) is 2.90. The highest BCUT2D eigenvalue weighted by Crippen LogP contribution is 2.30. The fraction of sp³-hybridized carbons (Fsp3) is 0.348. The first-order valence-electron chi connectivity index (χ1n) is 9.36. The third kappa shape index (κ3) is 5.69. The lowest BCUT2D eigenvalue weighted by Crippen LogP contribution is -2.42. The third-order valence-corrected chi connectivity index (χ3v) is 5.24. The number of carbonyl (C=O) groups is 1. The number of amides is 1. The molecule has 0 aliphatic rings. The van der Waals surface area contributed by atoms with Gasteiger partial charge in [-0.15, -0.1) is 19.1 Å². The molecule has 5 nitrogen and oxygen atoms in total. The molecule has 0 aliphatic carbocycles. The van der Waals surface area contributed by atoms with Gasteiger partial charge in [-0.2, -0.15) is 0 Å². The molecule has 0 radical (unpaired) electrons. The lowest BCUT2D eigenvalue weighted by molar-refractivity contribution is -0.134. The van der Waals surface area contributed by atoms with Gasteiger partial charge in [0.25, 0.3) is 5.91 Å². The summed E-state index contributed by atoms with van der Waals surface area (Å²) in [6.07, 6.45) is 6.76. The zero-order valence-corrected chi connectivity index (χ0v) is 17.9. The van der Waals surface area contributed by atoms with Crippen molar-refractivity contribution in [3.05, 3.63) is 59.2 Å². The molecule has 0 fully saturated rings. The highest BCUT2D eigenvalue weighted by atomic mass is 32.1. The van der Waals surface area contributed by atoms with Crippen molar-refractivity contribution in [1.29, 1.82) is 0 Å². The molecule has 2 aromatic rings. The van der Waals surface area contributed by atoms with E-state index in [2.05, 4.69) is 30.8 Å². The summed E-state index contributed by atoms with van der Waals surface area (Å²) in [6, 6.07) is 13.3. The van der Waals surface area contributed by atoms with Gasteiger partial charge < -0.3 is 19.5 Å². The molecule has 6 heteroatoms. The maximum absolute atomic E-state index is 12.8. The van der Waals surface area contributed by atoms with E-state index in [1.807, 2.05) is 36.4 Å². The van der Waals surface area contributed by atoms with Crippen LogP contribution in [0.5, 0.6) is 11.5 Å². The van der Waals surface area contributed by atoms with Crippen molar-refractivity contribution in [3.63, 3.8) is 0 Å². The van der Waals surface area contributed by atoms with Crippen LogP contribution in [0, 0.1) is 12.3 Å². The lowest BCUT2D eigenvalue weighted by Gasteiger charge is -2.26. The first kappa shape index (κ1) is 22.7. The van der Waals surface area contributed by atoms with Gasteiger partial charge in [0.1, 0.15) is 6.61 Å². The standard InChI is InChI=1S/C23H27NO4S/c1-5-15-28-20-12-9-18(16-21(20)26-3)13-14-24-22(25)23(29,27-4)19-10-7-17(6-2)8-11-19/h1,7-12,16,29H,6,13-15H2,2-4H3,(H,24,25). The second-order valence-electron chi connectivity index (χ2n) is 6.38. The molecule has 1 atom stereocenters. The predicted molar refractivity (Wildman–Crippen MR) is 118 cm³/mol. The van der Waals surface area contributed by atoms with Crippen molar-refractivity contribution < 1.29 is 19.0 Å². The summed E-state index contributed by atoms with van der Waals surface area (Å²) in [5.41, 5.74) is 2.86. The molecule has 154 valence electrons. The van der Waals surface area contributed by atoms with Crippen molar-refractivity contribution in [3.8, 4) is 23.8 Å². The van der Waals surface area contributed by atoms with E-state index in [0.29, 0.717) is 30.0 Å². The SMILES string of the molecule is C#CCOc1ccc(CCNC(=O)C(S)(OC)c2ccc(CC)cc2)cc1OC. The van der Waals surface area contributed by atoms with Crippen LogP contribution in [0.4, 0.5) is 0 Å². The molecule has 0 aliphatic heterocycles. The Morgan fingerprint density at radius 1 is 1.14 bits per heavy atom. The Balaban J connectivity index is 2.01. The van der Waals surface area contributed by atoms with Crippen LogP contribution in [0.3, 0.4) is 0 Å². The van der Waals surface area contributed by atoms with Gasteiger partial charge in [0, 0.05) is 19.2 Å². The number of methoxy groups -OCH3 is 2. The Kier molecular flexibility index (Phi) is 8.44. The molecule has 0 spiro atoms. The Labute approximate surface area is 178 Å². The molecule has 1 unspecified atom stereocenters. The summed E-state index contributed by atoms with van der Waals surface area (Å²) in [7, 11) is 3.04. The van der Waals surface area contributed by atoms with E-state index in [1.54, 1.807) is 13.2 Å². The minimum atomic E-state index is -1.35. The normalized spacial score (nSPS) is 12.5. The van der Waals surface area contributed by atoms with Crippen LogP contribution < -0.4 is 14.8 Å². The number of hydrogen-bond acceptors (Lipinski definition) is 5. The number of benzene rings is 2. The number of carbonyl (C=O) groups excluding carboxylic acids is 1. The van der Waals surface area contributed by atoms with Crippen LogP contribution in [0.15, 0.2) is 42.5 Å². The van der Waals surface area contributed by atoms with E-state index in [4.69, 9.17) is 20.6 Å². The maximum Gasteiger partial charge on any atom is 0.267 e. The number of nitrogens with one attached hydrogen (secondary N) is 1. The van der Waals surface area contributed by atoms with Crippen LogP contribution >= 0.6 is 12.6 Å². The van der Waals surface area contributed by atoms with Crippen LogP contribution in [0.25, 0.3) is 0 Å². The molecule has 1 N–H and O–H groups in total. The minimum absolute atomic E-state index is 0.173. The lowest BCUT2D eigenvalue weighted by atomic mass is 10.0. The Morgan fingerprint density at radius 3 is 2.41 bits per heavy atom. The number of thiol groups is 1. The molecule has 2 aromatic carbocycles. The number of rotatable bonds is 10. The van der Waals surface area contributed by atoms with Crippen molar-refractivity contribution in [2.75, 3.05) is 27.4 Å². The molecule has 0 saturated heterocycles. The average molecular weight is 414 g/mol. The summed E-state index contributed by atoms with van der Waals surface area (Å²) >= 11 is 4.52. The Bertz CT molecular complexity index is 860. The number of terminal acetylenes is 1. The maximum atomic E-state index is 12.8. The van der Waals surface area contributed by atoms with E-state index < -0.39 is 4.93 Å². The number of aryl methyl sites for hydroxylation is 1. The molecule has 29 heavy (non-hydrogen) atoms. The van der Waals surface area contributed by atoms with Crippen LogP contribution in [0.2, 0.25) is 0 Å². The van der Waals surface area contributed by atoms with E-state index in [0.717, 1.165) is 12.0 Å². The quantitative estimate of drug-likeness (QED) is 0.356. The van der Waals surface area contributed by atoms with Gasteiger partial charge in [0.15, 0.2) is 11.5 Å². The highest BCUT2D eigenvalue weighted by molar-refractivity contribution is 7.82. The zero-order valence-electron chi connectivity index (χ0n) is 17.0. The van der Waals surface area contributed by atoms with Crippen LogP contribution in [0.1, 0.15) is 23.6 Å². The third-order valence-electron chi connectivity index (χ3n) is 4.59. The Morgan fingerprint density at radius 2 is 1.83 bits per heavy atom. The second kappa shape index (κ2) is 10.8. The molecule has 2 rings (SSSR count). The molecule has 0 saturated carbocycles. The summed E-state index contributed by atoms with van der Waals surface area (Å²) in [4.78, 5) is 11.4. The average Bonchev–Trinajstić information content (AvgIpc) is 2.77. The molecular weight excluding hydrogens is 386 g/mol. The second-order valence-corrected chi connectivity index (χ2v) is 7.01. The number of hydrogen-bond donors (Lipinski definition) is 2. The molecule has 0 bridgehead atoms. The highest BCUT2D eigenvalue weighted by Gasteiger charge is 2.36. The van der Waals surface area contributed by atoms with Gasteiger partial charge in [-0.25, -0.2) is 0 Å². The van der Waals surface area contributed by atoms with Gasteiger partial charge in [0.05, 0.1) is 7.11 Å². The fourth-order valence-corrected chi connectivity index (χ4v) is 3.08. The summed E-state index contributed by atoms with van der Waals surface area (Å²) in [5.74, 6) is 3.30. The van der Waals surface area contributed by atoms with Crippen LogP contribution in [-0.4, -0.2) is 33.3 Å². The smallest absolute Gasteiger partial charge is 0.267 e. The fourth-order valence-electron chi connectivity index (χ4n) is 2.85. The van der Waals surface area contributed by atoms with E-state index >= 15 is 0 Å². The molecule has 0 heterocycles. The van der Waals surface area contributed by atoms with Gasteiger partial charge in [-0.1, -0.05) is 43.2 Å². The first-order valence-corrected chi connectivity index (χ1v) is 9.81. The van der Waals surface area contributed by atoms with Crippen molar-refractivity contribution in [1.82, 2.24) is 5.32 Å². The predicted octanol–water partition coefficient (Wildman–Crippen LogP) is 3.36. The number of ether oxygens (including phenoxy) is 3. The van der Waals surface area contributed by atoms with Crippen LogP contribution in [-0.2, 0) is 27.3 Å². The molecule has 1 amide bonds. The van der Waals surface area contributed by atoms with Gasteiger partial charge >= 0.3 is 0 Å². The van der Waals surface area contributed by atoms with Crippen molar-refractivity contribution >= 4 is 18.5 Å². The van der Waals surface area contributed by atoms with Crippen molar-refractivity contribution in [2.24, 2.45) is 0 Å². The monoisotopic (exact) mass is 413 g/mol. The minimum Gasteiger partial charge on any atom is -0.493 e. The van der Waals surface area contributed by atoms with E-state index in [-0.39, 0.29) is 12.5 Å². The van der Waals surface area contributed by atoms with Gasteiger partial charge in [-0.3, -0.25) is 4.79 Å². The summed E-state index contributed by atoms with van der Waals surface area (Å²) < 4.78 is 16.2. The largest absolute Gasteiger partial charge is 0.493 e. The topological polar surface area (TPSA) is 56.8 Å². The van der Waals surface area contributed by atoms with Crippen molar-refractivity contribution in [2.45, 2.75) is 24.7 Å². The van der Waals surface area contributed by atoms with Gasteiger partial charge in [0.2, 0.25) is 4.93 Å². The Hall–Kier alpha value is -2.62. The van der Waals surface area contributed by atoms with E-state index in [1.165, 1.54) is 12.7 Å². The van der Waals surface area contributed by atoms with E-state index in [9.17, 15) is 4.79 Å². The van der Waals surface area contributed by atoms with Gasteiger partial charge in [-0.05, 0) is 36.1 Å². The molecule has 0 aromatic heterocycles.